The Hall–Kier alpha value is -3.23. The first kappa shape index (κ1) is 23.5. The molecule has 1 aromatic heterocycles. The molecule has 0 spiro atoms. The van der Waals surface area contributed by atoms with Crippen LogP contribution in [0, 0.1) is 11.8 Å². The highest BCUT2D eigenvalue weighted by atomic mass is 32.2. The SMILES string of the molecule is CNc1nc(NC[C@H]2CC[C@H](CNS(=O)(=O)c3ccc4ccccc4c3)CC2)nc2ccccc12. The van der Waals surface area contributed by atoms with Gasteiger partial charge in [0.05, 0.1) is 10.4 Å². The molecule has 1 aliphatic rings. The van der Waals surface area contributed by atoms with Crippen LogP contribution in [-0.2, 0) is 10.0 Å². The lowest BCUT2D eigenvalue weighted by atomic mass is 9.82. The van der Waals surface area contributed by atoms with Crippen molar-refractivity contribution in [3.8, 4) is 0 Å². The molecule has 35 heavy (non-hydrogen) atoms. The van der Waals surface area contributed by atoms with Gasteiger partial charge in [0.15, 0.2) is 0 Å². The molecule has 0 amide bonds. The monoisotopic (exact) mass is 489 g/mol. The normalized spacial score (nSPS) is 18.5. The number of hydrogen-bond donors (Lipinski definition) is 3. The van der Waals surface area contributed by atoms with Crippen LogP contribution in [0.3, 0.4) is 0 Å². The van der Waals surface area contributed by atoms with Gasteiger partial charge in [-0.15, -0.1) is 0 Å². The van der Waals surface area contributed by atoms with Crippen molar-refractivity contribution in [2.75, 3.05) is 30.8 Å². The molecule has 0 atom stereocenters. The van der Waals surface area contributed by atoms with Crippen molar-refractivity contribution >= 4 is 43.5 Å². The molecule has 182 valence electrons. The zero-order chi connectivity index (χ0) is 24.3. The average Bonchev–Trinajstić information content (AvgIpc) is 2.90. The first-order valence-corrected chi connectivity index (χ1v) is 13.7. The third kappa shape index (κ3) is 5.39. The fourth-order valence-electron chi connectivity index (χ4n) is 4.87. The zero-order valence-electron chi connectivity index (χ0n) is 19.9. The summed E-state index contributed by atoms with van der Waals surface area (Å²) in [5.74, 6) is 2.34. The molecule has 7 nitrogen and oxygen atoms in total. The third-order valence-electron chi connectivity index (χ3n) is 6.95. The van der Waals surface area contributed by atoms with Gasteiger partial charge >= 0.3 is 0 Å². The van der Waals surface area contributed by atoms with Crippen molar-refractivity contribution in [1.29, 1.82) is 0 Å². The second-order valence-electron chi connectivity index (χ2n) is 9.29. The minimum atomic E-state index is -3.52. The van der Waals surface area contributed by atoms with E-state index in [2.05, 4.69) is 25.3 Å². The topological polar surface area (TPSA) is 96.0 Å². The van der Waals surface area contributed by atoms with Crippen LogP contribution in [0.2, 0.25) is 0 Å². The van der Waals surface area contributed by atoms with Crippen LogP contribution in [0.25, 0.3) is 21.7 Å². The number of nitrogens with zero attached hydrogens (tertiary/aromatic N) is 2. The minimum Gasteiger partial charge on any atom is -0.372 e. The minimum absolute atomic E-state index is 0.324. The van der Waals surface area contributed by atoms with E-state index in [4.69, 9.17) is 0 Å². The summed E-state index contributed by atoms with van der Waals surface area (Å²) in [4.78, 5) is 9.59. The number of nitrogens with one attached hydrogen (secondary N) is 3. The van der Waals surface area contributed by atoms with Crippen LogP contribution in [-0.4, -0.2) is 38.5 Å². The molecule has 0 bridgehead atoms. The van der Waals surface area contributed by atoms with Crippen LogP contribution in [0.5, 0.6) is 0 Å². The van der Waals surface area contributed by atoms with Crippen molar-refractivity contribution in [1.82, 2.24) is 14.7 Å². The van der Waals surface area contributed by atoms with Crippen molar-refractivity contribution in [2.45, 2.75) is 30.6 Å². The third-order valence-corrected chi connectivity index (χ3v) is 8.37. The second-order valence-corrected chi connectivity index (χ2v) is 11.1. The van der Waals surface area contributed by atoms with E-state index in [9.17, 15) is 8.42 Å². The standard InChI is InChI=1S/C27H31N5O2S/c1-28-26-24-8-4-5-9-25(24)31-27(32-26)29-17-19-10-12-20(13-11-19)18-30-35(33,34)23-15-14-21-6-2-3-7-22(21)16-23/h2-9,14-16,19-20,30H,10-13,17-18H2,1H3,(H2,28,29,31,32)/t19-,20-. The summed E-state index contributed by atoms with van der Waals surface area (Å²) in [6, 6.07) is 21.1. The van der Waals surface area contributed by atoms with Crippen LogP contribution in [0.1, 0.15) is 25.7 Å². The first-order valence-electron chi connectivity index (χ1n) is 12.2. The Bertz CT molecular complexity index is 1430. The van der Waals surface area contributed by atoms with E-state index in [0.717, 1.165) is 59.7 Å². The number of anilines is 2. The summed E-state index contributed by atoms with van der Waals surface area (Å²) in [6.07, 6.45) is 4.13. The molecular formula is C27H31N5O2S. The Morgan fingerprint density at radius 3 is 2.29 bits per heavy atom. The van der Waals surface area contributed by atoms with Crippen LogP contribution >= 0.6 is 0 Å². The van der Waals surface area contributed by atoms with Gasteiger partial charge < -0.3 is 10.6 Å². The second kappa shape index (κ2) is 10.2. The highest BCUT2D eigenvalue weighted by molar-refractivity contribution is 7.89. The quantitative estimate of drug-likeness (QED) is 0.322. The molecule has 3 aromatic carbocycles. The summed E-state index contributed by atoms with van der Waals surface area (Å²) in [5, 5.41) is 9.54. The maximum Gasteiger partial charge on any atom is 0.240 e. The molecule has 1 aliphatic carbocycles. The van der Waals surface area contributed by atoms with E-state index in [1.165, 1.54) is 0 Å². The lowest BCUT2D eigenvalue weighted by molar-refractivity contribution is 0.284. The fraction of sp³-hybridized carbons (Fsp3) is 0.333. The summed E-state index contributed by atoms with van der Waals surface area (Å²) < 4.78 is 28.5. The molecule has 1 saturated carbocycles. The first-order chi connectivity index (χ1) is 17.0. The van der Waals surface area contributed by atoms with E-state index in [0.29, 0.717) is 29.2 Å². The Morgan fingerprint density at radius 1 is 0.829 bits per heavy atom. The van der Waals surface area contributed by atoms with E-state index in [1.807, 2.05) is 61.6 Å². The molecule has 0 unspecified atom stereocenters. The van der Waals surface area contributed by atoms with E-state index >= 15 is 0 Å². The average molecular weight is 490 g/mol. The van der Waals surface area contributed by atoms with Crippen molar-refractivity contribution in [2.24, 2.45) is 11.8 Å². The van der Waals surface area contributed by atoms with Gasteiger partial charge in [0, 0.05) is 25.5 Å². The summed E-state index contributed by atoms with van der Waals surface area (Å²) in [6.45, 7) is 1.30. The molecule has 4 aromatic rings. The van der Waals surface area contributed by atoms with Crippen molar-refractivity contribution in [3.05, 3.63) is 66.7 Å². The largest absolute Gasteiger partial charge is 0.372 e. The Labute approximate surface area is 206 Å². The number of rotatable bonds is 8. The van der Waals surface area contributed by atoms with Gasteiger partial charge in [-0.25, -0.2) is 18.1 Å². The molecular weight excluding hydrogens is 458 g/mol. The fourth-order valence-corrected chi connectivity index (χ4v) is 6.02. The summed E-state index contributed by atoms with van der Waals surface area (Å²) >= 11 is 0. The van der Waals surface area contributed by atoms with Gasteiger partial charge in [-0.2, -0.15) is 4.98 Å². The van der Waals surface area contributed by atoms with Gasteiger partial charge in [-0.05, 0) is 72.6 Å². The van der Waals surface area contributed by atoms with Crippen LogP contribution < -0.4 is 15.4 Å². The molecule has 8 heteroatoms. The number of para-hydroxylation sites is 1. The lowest BCUT2D eigenvalue weighted by Crippen LogP contribution is -2.32. The number of sulfonamides is 1. The number of aromatic nitrogens is 2. The number of fused-ring (bicyclic) bond motifs is 2. The Morgan fingerprint density at radius 2 is 1.51 bits per heavy atom. The van der Waals surface area contributed by atoms with Gasteiger partial charge in [0.25, 0.3) is 0 Å². The van der Waals surface area contributed by atoms with Gasteiger partial charge in [-0.3, -0.25) is 0 Å². The molecule has 1 heterocycles. The highest BCUT2D eigenvalue weighted by Gasteiger charge is 2.23. The van der Waals surface area contributed by atoms with Crippen molar-refractivity contribution in [3.63, 3.8) is 0 Å². The maximum atomic E-state index is 12.8. The maximum absolute atomic E-state index is 12.8. The summed E-state index contributed by atoms with van der Waals surface area (Å²) in [7, 11) is -1.65. The van der Waals surface area contributed by atoms with E-state index in [1.54, 1.807) is 12.1 Å². The predicted molar refractivity (Wildman–Crippen MR) is 142 cm³/mol. The van der Waals surface area contributed by atoms with Crippen molar-refractivity contribution < 1.29 is 8.42 Å². The Balaban J connectivity index is 1.13. The molecule has 3 N–H and O–H groups in total. The van der Waals surface area contributed by atoms with Crippen LogP contribution in [0.4, 0.5) is 11.8 Å². The molecule has 1 fully saturated rings. The highest BCUT2D eigenvalue weighted by Crippen LogP contribution is 2.29. The summed E-state index contributed by atoms with van der Waals surface area (Å²) in [5.41, 5.74) is 0.914. The van der Waals surface area contributed by atoms with E-state index < -0.39 is 10.0 Å². The lowest BCUT2D eigenvalue weighted by Gasteiger charge is -2.28. The molecule has 0 aliphatic heterocycles. The van der Waals surface area contributed by atoms with Gasteiger partial charge in [-0.1, -0.05) is 42.5 Å². The smallest absolute Gasteiger partial charge is 0.240 e. The Kier molecular flexibility index (Phi) is 6.83. The molecule has 0 radical (unpaired) electrons. The molecule has 0 saturated heterocycles. The number of benzene rings is 3. The van der Waals surface area contributed by atoms with E-state index in [-0.39, 0.29) is 0 Å². The molecule has 5 rings (SSSR count). The van der Waals surface area contributed by atoms with Gasteiger partial charge in [0.1, 0.15) is 5.82 Å². The number of hydrogen-bond acceptors (Lipinski definition) is 6. The predicted octanol–water partition coefficient (Wildman–Crippen LogP) is 5.02. The van der Waals surface area contributed by atoms with Gasteiger partial charge in [0.2, 0.25) is 16.0 Å². The zero-order valence-corrected chi connectivity index (χ0v) is 20.7. The van der Waals surface area contributed by atoms with Crippen LogP contribution in [0.15, 0.2) is 71.6 Å².